The molecule has 2 rings (SSSR count). The van der Waals surface area contributed by atoms with Gasteiger partial charge in [-0.15, -0.1) is 0 Å². The summed E-state index contributed by atoms with van der Waals surface area (Å²) >= 11 is 0. The van der Waals surface area contributed by atoms with Crippen LogP contribution in [0.3, 0.4) is 0 Å². The van der Waals surface area contributed by atoms with E-state index in [1.807, 2.05) is 25.1 Å². The molecule has 2 aromatic rings. The van der Waals surface area contributed by atoms with Gasteiger partial charge in [0, 0.05) is 6.04 Å². The smallest absolute Gasteiger partial charge is 0.312 e. The Labute approximate surface area is 140 Å². The molecule has 0 unspecified atom stereocenters. The Balaban J connectivity index is 1.89. The molecule has 0 aliphatic heterocycles. The molecular formula is C17H22N4O3. The molecule has 0 saturated heterocycles. The monoisotopic (exact) mass is 330 g/mol. The second-order valence-corrected chi connectivity index (χ2v) is 5.93. The maximum atomic E-state index is 12.1. The van der Waals surface area contributed by atoms with Crippen molar-refractivity contribution in [2.24, 2.45) is 0 Å². The van der Waals surface area contributed by atoms with Crippen molar-refractivity contribution in [2.45, 2.75) is 46.2 Å². The van der Waals surface area contributed by atoms with Crippen molar-refractivity contribution in [2.75, 3.05) is 0 Å². The van der Waals surface area contributed by atoms with Gasteiger partial charge < -0.3 is 5.32 Å². The number of carbonyl (C=O) groups excluding carboxylic acids is 1. The van der Waals surface area contributed by atoms with Gasteiger partial charge in [0.2, 0.25) is 5.91 Å². The predicted octanol–water partition coefficient (Wildman–Crippen LogP) is 2.55. The summed E-state index contributed by atoms with van der Waals surface area (Å²) < 4.78 is 1.38. The number of nitro groups is 1. The number of aryl methyl sites for hydroxylation is 2. The fourth-order valence-corrected chi connectivity index (χ4v) is 2.66. The van der Waals surface area contributed by atoms with Crippen LogP contribution in [0.4, 0.5) is 5.69 Å². The Morgan fingerprint density at radius 3 is 2.58 bits per heavy atom. The molecule has 1 amide bonds. The van der Waals surface area contributed by atoms with Crippen molar-refractivity contribution in [3.05, 3.63) is 57.4 Å². The summed E-state index contributed by atoms with van der Waals surface area (Å²) in [6, 6.07) is 10.1. The van der Waals surface area contributed by atoms with Crippen molar-refractivity contribution >= 4 is 11.6 Å². The molecule has 0 spiro atoms. The third-order valence-corrected chi connectivity index (χ3v) is 3.94. The first-order valence-corrected chi connectivity index (χ1v) is 7.90. The van der Waals surface area contributed by atoms with Gasteiger partial charge in [-0.05, 0) is 39.2 Å². The number of nitrogens with zero attached hydrogens (tertiary/aromatic N) is 3. The van der Waals surface area contributed by atoms with E-state index < -0.39 is 4.92 Å². The number of carbonyl (C=O) groups is 1. The fraction of sp³-hybridized carbons (Fsp3) is 0.412. The van der Waals surface area contributed by atoms with E-state index in [-0.39, 0.29) is 24.2 Å². The molecule has 1 N–H and O–H groups in total. The lowest BCUT2D eigenvalue weighted by Gasteiger charge is -2.14. The van der Waals surface area contributed by atoms with E-state index in [1.165, 1.54) is 10.2 Å². The summed E-state index contributed by atoms with van der Waals surface area (Å²) in [6.45, 7) is 5.10. The first-order chi connectivity index (χ1) is 11.4. The number of amides is 1. The largest absolute Gasteiger partial charge is 0.352 e. The molecule has 1 heterocycles. The van der Waals surface area contributed by atoms with E-state index in [4.69, 9.17) is 0 Å². The van der Waals surface area contributed by atoms with Gasteiger partial charge in [-0.3, -0.25) is 19.6 Å². The van der Waals surface area contributed by atoms with Crippen molar-refractivity contribution in [3.8, 4) is 0 Å². The van der Waals surface area contributed by atoms with Crippen LogP contribution in [0.2, 0.25) is 0 Å². The van der Waals surface area contributed by atoms with Crippen molar-refractivity contribution < 1.29 is 9.72 Å². The minimum absolute atomic E-state index is 0.0177. The van der Waals surface area contributed by atoms with Crippen LogP contribution in [-0.2, 0) is 17.8 Å². The van der Waals surface area contributed by atoms with E-state index in [1.54, 1.807) is 13.8 Å². The normalized spacial score (nSPS) is 12.0. The molecule has 1 aromatic heterocycles. The fourth-order valence-electron chi connectivity index (χ4n) is 2.66. The second kappa shape index (κ2) is 7.72. The van der Waals surface area contributed by atoms with Gasteiger partial charge in [-0.2, -0.15) is 5.10 Å². The van der Waals surface area contributed by atoms with Crippen LogP contribution in [0.25, 0.3) is 0 Å². The molecule has 0 fully saturated rings. The zero-order valence-electron chi connectivity index (χ0n) is 14.2. The molecule has 24 heavy (non-hydrogen) atoms. The van der Waals surface area contributed by atoms with E-state index in [0.29, 0.717) is 11.4 Å². The van der Waals surface area contributed by atoms with E-state index in [0.717, 1.165) is 12.8 Å². The molecule has 0 aliphatic rings. The molecule has 0 saturated carbocycles. The van der Waals surface area contributed by atoms with Crippen LogP contribution in [-0.4, -0.2) is 26.7 Å². The molecule has 7 heteroatoms. The Morgan fingerprint density at radius 1 is 1.33 bits per heavy atom. The lowest BCUT2D eigenvalue weighted by molar-refractivity contribution is -0.386. The third kappa shape index (κ3) is 4.41. The Hall–Kier alpha value is -2.70. The summed E-state index contributed by atoms with van der Waals surface area (Å²) in [5.74, 6) is -0.198. The Kier molecular flexibility index (Phi) is 5.68. The number of hydrogen-bond donors (Lipinski definition) is 1. The van der Waals surface area contributed by atoms with Gasteiger partial charge in [0.1, 0.15) is 17.9 Å². The average Bonchev–Trinajstić information content (AvgIpc) is 2.80. The van der Waals surface area contributed by atoms with Crippen LogP contribution < -0.4 is 5.32 Å². The predicted molar refractivity (Wildman–Crippen MR) is 90.7 cm³/mol. The highest BCUT2D eigenvalue weighted by atomic mass is 16.6. The molecule has 0 radical (unpaired) electrons. The SMILES string of the molecule is Cc1nn(CC(=O)N[C@H](C)CCc2ccccc2)c(C)c1[N+](=O)[O-]. The van der Waals surface area contributed by atoms with Crippen LogP contribution in [0.5, 0.6) is 0 Å². The lowest BCUT2D eigenvalue weighted by Crippen LogP contribution is -2.35. The Morgan fingerprint density at radius 2 is 2.00 bits per heavy atom. The first kappa shape index (κ1) is 17.7. The minimum Gasteiger partial charge on any atom is -0.352 e. The maximum Gasteiger partial charge on any atom is 0.312 e. The number of benzene rings is 1. The van der Waals surface area contributed by atoms with Crippen LogP contribution >= 0.6 is 0 Å². The summed E-state index contributed by atoms with van der Waals surface area (Å²) in [6.07, 6.45) is 1.71. The molecule has 128 valence electrons. The highest BCUT2D eigenvalue weighted by Gasteiger charge is 2.22. The average molecular weight is 330 g/mol. The molecule has 0 bridgehead atoms. The molecule has 0 aliphatic carbocycles. The molecular weight excluding hydrogens is 308 g/mol. The maximum absolute atomic E-state index is 12.1. The lowest BCUT2D eigenvalue weighted by atomic mass is 10.1. The zero-order valence-corrected chi connectivity index (χ0v) is 14.2. The van der Waals surface area contributed by atoms with Gasteiger partial charge in [-0.25, -0.2) is 0 Å². The Bertz CT molecular complexity index is 725. The minimum atomic E-state index is -0.464. The van der Waals surface area contributed by atoms with Crippen molar-refractivity contribution in [1.29, 1.82) is 0 Å². The number of hydrogen-bond acceptors (Lipinski definition) is 4. The van der Waals surface area contributed by atoms with Crippen LogP contribution in [0, 0.1) is 24.0 Å². The highest BCUT2D eigenvalue weighted by Crippen LogP contribution is 2.21. The summed E-state index contributed by atoms with van der Waals surface area (Å²) in [4.78, 5) is 22.7. The second-order valence-electron chi connectivity index (χ2n) is 5.93. The molecule has 7 nitrogen and oxygen atoms in total. The summed E-state index contributed by atoms with van der Waals surface area (Å²) in [5, 5.41) is 18.0. The topological polar surface area (TPSA) is 90.1 Å². The highest BCUT2D eigenvalue weighted by molar-refractivity contribution is 5.76. The van der Waals surface area contributed by atoms with Crippen molar-refractivity contribution in [3.63, 3.8) is 0 Å². The van der Waals surface area contributed by atoms with Gasteiger partial charge in [0.05, 0.1) is 4.92 Å². The van der Waals surface area contributed by atoms with E-state index in [2.05, 4.69) is 22.5 Å². The number of nitrogens with one attached hydrogen (secondary N) is 1. The number of aromatic nitrogens is 2. The van der Waals surface area contributed by atoms with Crippen molar-refractivity contribution in [1.82, 2.24) is 15.1 Å². The molecule has 1 atom stereocenters. The van der Waals surface area contributed by atoms with Gasteiger partial charge in [-0.1, -0.05) is 30.3 Å². The van der Waals surface area contributed by atoms with Crippen LogP contribution in [0.1, 0.15) is 30.3 Å². The summed E-state index contributed by atoms with van der Waals surface area (Å²) in [5.41, 5.74) is 1.92. The third-order valence-electron chi connectivity index (χ3n) is 3.94. The number of rotatable bonds is 7. The summed E-state index contributed by atoms with van der Waals surface area (Å²) in [7, 11) is 0. The first-order valence-electron chi connectivity index (χ1n) is 7.90. The van der Waals surface area contributed by atoms with Gasteiger partial charge in [0.25, 0.3) is 0 Å². The van der Waals surface area contributed by atoms with Crippen LogP contribution in [0.15, 0.2) is 30.3 Å². The van der Waals surface area contributed by atoms with Gasteiger partial charge >= 0.3 is 5.69 Å². The van der Waals surface area contributed by atoms with Gasteiger partial charge in [0.15, 0.2) is 0 Å². The zero-order chi connectivity index (χ0) is 17.7. The standard InChI is InChI=1S/C17H22N4O3/c1-12(9-10-15-7-5-4-6-8-15)18-16(22)11-20-14(3)17(21(23)24)13(2)19-20/h4-8,12H,9-11H2,1-3H3,(H,18,22)/t12-/m1/s1. The molecule has 1 aromatic carbocycles. The van der Waals surface area contributed by atoms with E-state index >= 15 is 0 Å². The quantitative estimate of drug-likeness (QED) is 0.624. The van der Waals surface area contributed by atoms with E-state index in [9.17, 15) is 14.9 Å².